The van der Waals surface area contributed by atoms with Crippen LogP contribution in [0.15, 0.2) is 42.5 Å². The Balaban J connectivity index is 1.63. The molecule has 1 amide bonds. The van der Waals surface area contributed by atoms with Crippen LogP contribution in [0.25, 0.3) is 0 Å². The van der Waals surface area contributed by atoms with Crippen molar-refractivity contribution >= 4 is 33.4 Å². The van der Waals surface area contributed by atoms with Crippen LogP contribution < -0.4 is 9.62 Å². The molecule has 8 nitrogen and oxygen atoms in total. The first-order valence-corrected chi connectivity index (χ1v) is 12.8. The van der Waals surface area contributed by atoms with Crippen molar-refractivity contribution < 1.29 is 27.5 Å². The highest BCUT2D eigenvalue weighted by molar-refractivity contribution is 7.92. The van der Waals surface area contributed by atoms with E-state index in [1.165, 1.54) is 10.4 Å². The SMILES string of the molecule is CCS(=O)(=O)N1CCc2cc(C(=O)COC(=O)[C@@H](NC(=O)c3ccc(C)cc3)C(C)C)ccc21. The van der Waals surface area contributed by atoms with Crippen LogP contribution in [0.4, 0.5) is 5.69 Å². The van der Waals surface area contributed by atoms with Gasteiger partial charge in [-0.2, -0.15) is 0 Å². The summed E-state index contributed by atoms with van der Waals surface area (Å²) in [6.45, 7) is 6.93. The normalized spacial score (nSPS) is 14.0. The minimum absolute atomic E-state index is 0.000539. The van der Waals surface area contributed by atoms with Crippen LogP contribution in [0.1, 0.15) is 52.6 Å². The number of amides is 1. The molecule has 1 heterocycles. The third-order valence-electron chi connectivity index (χ3n) is 5.82. The topological polar surface area (TPSA) is 110 Å². The summed E-state index contributed by atoms with van der Waals surface area (Å²) in [5.41, 5.74) is 3.12. The van der Waals surface area contributed by atoms with Crippen LogP contribution in [0.2, 0.25) is 0 Å². The molecule has 1 atom stereocenters. The van der Waals surface area contributed by atoms with E-state index in [9.17, 15) is 22.8 Å². The van der Waals surface area contributed by atoms with Crippen molar-refractivity contribution in [2.24, 2.45) is 5.92 Å². The van der Waals surface area contributed by atoms with Gasteiger partial charge in [0.05, 0.1) is 11.4 Å². The molecular formula is C25H30N2O6S. The molecule has 182 valence electrons. The Morgan fingerprint density at radius 1 is 1.06 bits per heavy atom. The van der Waals surface area contributed by atoms with Gasteiger partial charge >= 0.3 is 5.97 Å². The Morgan fingerprint density at radius 3 is 2.32 bits per heavy atom. The number of rotatable bonds is 9. The zero-order valence-corrected chi connectivity index (χ0v) is 20.6. The summed E-state index contributed by atoms with van der Waals surface area (Å²) in [6.07, 6.45) is 0.510. The summed E-state index contributed by atoms with van der Waals surface area (Å²) in [5, 5.41) is 2.69. The van der Waals surface area contributed by atoms with Crippen LogP contribution in [-0.4, -0.2) is 51.0 Å². The van der Waals surface area contributed by atoms with Crippen molar-refractivity contribution in [2.45, 2.75) is 40.2 Å². The first-order valence-electron chi connectivity index (χ1n) is 11.2. The first-order chi connectivity index (χ1) is 16.0. The number of hydrogen-bond donors (Lipinski definition) is 1. The summed E-state index contributed by atoms with van der Waals surface area (Å²) >= 11 is 0. The maximum absolute atomic E-state index is 12.7. The van der Waals surface area contributed by atoms with E-state index in [1.807, 2.05) is 19.1 Å². The van der Waals surface area contributed by atoms with Gasteiger partial charge < -0.3 is 10.1 Å². The molecule has 1 N–H and O–H groups in total. The smallest absolute Gasteiger partial charge is 0.329 e. The fraction of sp³-hybridized carbons (Fsp3) is 0.400. The van der Waals surface area contributed by atoms with E-state index in [1.54, 1.807) is 45.0 Å². The van der Waals surface area contributed by atoms with Crippen LogP contribution in [0.3, 0.4) is 0 Å². The first kappa shape index (κ1) is 25.4. The molecule has 0 aliphatic carbocycles. The number of aryl methyl sites for hydroxylation is 1. The minimum Gasteiger partial charge on any atom is -0.456 e. The largest absolute Gasteiger partial charge is 0.456 e. The number of anilines is 1. The van der Waals surface area contributed by atoms with Gasteiger partial charge in [-0.1, -0.05) is 31.5 Å². The number of carbonyl (C=O) groups excluding carboxylic acids is 3. The standard InChI is InChI=1S/C25H30N2O6S/c1-5-34(31,32)27-13-12-19-14-20(10-11-21(19)27)22(28)15-33-25(30)23(16(2)3)26-24(29)18-8-6-17(4)7-9-18/h6-11,14,16,23H,5,12-13,15H2,1-4H3,(H,26,29)/t23-/m0/s1. The third kappa shape index (κ3) is 5.64. The van der Waals surface area contributed by atoms with E-state index in [4.69, 9.17) is 4.74 Å². The maximum Gasteiger partial charge on any atom is 0.329 e. The van der Waals surface area contributed by atoms with Crippen molar-refractivity contribution in [2.75, 3.05) is 23.2 Å². The molecule has 0 spiro atoms. The van der Waals surface area contributed by atoms with Crippen molar-refractivity contribution in [1.29, 1.82) is 0 Å². The fourth-order valence-corrected chi connectivity index (χ4v) is 4.89. The molecule has 0 unspecified atom stereocenters. The number of fused-ring (bicyclic) bond motifs is 1. The third-order valence-corrected chi connectivity index (χ3v) is 7.60. The zero-order valence-electron chi connectivity index (χ0n) is 19.8. The average Bonchev–Trinajstić information content (AvgIpc) is 3.25. The Hall–Kier alpha value is -3.20. The van der Waals surface area contributed by atoms with Crippen molar-refractivity contribution in [3.05, 3.63) is 64.7 Å². The van der Waals surface area contributed by atoms with Gasteiger partial charge in [-0.3, -0.25) is 13.9 Å². The molecule has 2 aromatic rings. The highest BCUT2D eigenvalue weighted by Crippen LogP contribution is 2.31. The molecule has 1 aliphatic heterocycles. The van der Waals surface area contributed by atoms with E-state index < -0.39 is 40.3 Å². The number of sulfonamides is 1. The number of ether oxygens (including phenoxy) is 1. The van der Waals surface area contributed by atoms with Crippen LogP contribution >= 0.6 is 0 Å². The van der Waals surface area contributed by atoms with E-state index in [0.717, 1.165) is 11.1 Å². The number of benzene rings is 2. The minimum atomic E-state index is -3.37. The van der Waals surface area contributed by atoms with Crippen molar-refractivity contribution in [3.8, 4) is 0 Å². The van der Waals surface area contributed by atoms with Gasteiger partial charge in [-0.05, 0) is 62.1 Å². The Kier molecular flexibility index (Phi) is 7.76. The monoisotopic (exact) mass is 486 g/mol. The molecule has 0 aromatic heterocycles. The lowest BCUT2D eigenvalue weighted by atomic mass is 10.0. The van der Waals surface area contributed by atoms with Gasteiger partial charge in [-0.25, -0.2) is 13.2 Å². The summed E-state index contributed by atoms with van der Waals surface area (Å²) in [5.74, 6) is -1.73. The number of Topliss-reactive ketones (excluding diaryl/α,β-unsaturated/α-hetero) is 1. The molecule has 0 fully saturated rings. The van der Waals surface area contributed by atoms with Gasteiger partial charge in [0.2, 0.25) is 10.0 Å². The van der Waals surface area contributed by atoms with E-state index in [0.29, 0.717) is 29.8 Å². The second-order valence-electron chi connectivity index (χ2n) is 8.66. The fourth-order valence-electron chi connectivity index (χ4n) is 3.73. The quantitative estimate of drug-likeness (QED) is 0.431. The van der Waals surface area contributed by atoms with E-state index in [2.05, 4.69) is 5.32 Å². The average molecular weight is 487 g/mol. The van der Waals surface area contributed by atoms with Gasteiger partial charge in [-0.15, -0.1) is 0 Å². The Morgan fingerprint density at radius 2 is 1.71 bits per heavy atom. The van der Waals surface area contributed by atoms with Gasteiger partial charge in [0.25, 0.3) is 5.91 Å². The predicted molar refractivity (Wildman–Crippen MR) is 130 cm³/mol. The van der Waals surface area contributed by atoms with Crippen LogP contribution in [0.5, 0.6) is 0 Å². The highest BCUT2D eigenvalue weighted by Gasteiger charge is 2.30. The summed E-state index contributed by atoms with van der Waals surface area (Å²) in [6, 6.07) is 10.9. The summed E-state index contributed by atoms with van der Waals surface area (Å²) in [7, 11) is -3.37. The molecular weight excluding hydrogens is 456 g/mol. The lowest BCUT2D eigenvalue weighted by Gasteiger charge is -2.21. The molecule has 0 saturated heterocycles. The lowest BCUT2D eigenvalue weighted by molar-refractivity contribution is -0.145. The van der Waals surface area contributed by atoms with Crippen LogP contribution in [-0.2, 0) is 26.0 Å². The Bertz CT molecular complexity index is 1190. The molecule has 1 aliphatic rings. The zero-order chi connectivity index (χ0) is 25.0. The molecule has 3 rings (SSSR count). The molecule has 9 heteroatoms. The van der Waals surface area contributed by atoms with Crippen LogP contribution in [0, 0.1) is 12.8 Å². The maximum atomic E-state index is 12.7. The summed E-state index contributed by atoms with van der Waals surface area (Å²) < 4.78 is 31.1. The number of esters is 1. The van der Waals surface area contributed by atoms with Crippen molar-refractivity contribution in [3.63, 3.8) is 0 Å². The second kappa shape index (κ2) is 10.4. The number of nitrogens with one attached hydrogen (secondary N) is 1. The van der Waals surface area contributed by atoms with Gasteiger partial charge in [0, 0.05) is 17.7 Å². The van der Waals surface area contributed by atoms with Crippen molar-refractivity contribution in [1.82, 2.24) is 5.32 Å². The molecule has 0 saturated carbocycles. The molecule has 0 bridgehead atoms. The number of hydrogen-bond acceptors (Lipinski definition) is 6. The lowest BCUT2D eigenvalue weighted by Crippen LogP contribution is -2.45. The van der Waals surface area contributed by atoms with E-state index in [-0.39, 0.29) is 11.7 Å². The second-order valence-corrected chi connectivity index (χ2v) is 10.8. The molecule has 2 aromatic carbocycles. The van der Waals surface area contributed by atoms with Gasteiger partial charge in [0.15, 0.2) is 12.4 Å². The summed E-state index contributed by atoms with van der Waals surface area (Å²) in [4.78, 5) is 37.8. The van der Waals surface area contributed by atoms with E-state index >= 15 is 0 Å². The predicted octanol–water partition coefficient (Wildman–Crippen LogP) is 2.89. The number of nitrogens with zero attached hydrogens (tertiary/aromatic N) is 1. The number of carbonyl (C=O) groups is 3. The Labute approximate surface area is 200 Å². The van der Waals surface area contributed by atoms with Gasteiger partial charge in [0.1, 0.15) is 6.04 Å². The molecule has 34 heavy (non-hydrogen) atoms. The molecule has 0 radical (unpaired) electrons. The number of ketones is 1. The highest BCUT2D eigenvalue weighted by atomic mass is 32.2.